The summed E-state index contributed by atoms with van der Waals surface area (Å²) in [6.45, 7) is 0. The molecule has 0 spiro atoms. The van der Waals surface area contributed by atoms with Crippen molar-refractivity contribution in [2.24, 2.45) is 0 Å². The summed E-state index contributed by atoms with van der Waals surface area (Å²) >= 11 is 3.45. The Kier molecular flexibility index (Phi) is 3.79. The molecule has 0 atom stereocenters. The molecule has 0 bridgehead atoms. The van der Waals surface area contributed by atoms with E-state index in [2.05, 4.69) is 22.0 Å². The highest BCUT2D eigenvalue weighted by atomic mass is 79.9. The number of benzene rings is 3. The average Bonchev–Trinajstić information content (AvgIpc) is 2.63. The first kappa shape index (κ1) is 14.9. The van der Waals surface area contributed by atoms with Gasteiger partial charge in [0.1, 0.15) is 0 Å². The summed E-state index contributed by atoms with van der Waals surface area (Å²) in [5.74, 6) is 0. The molecule has 1 aromatic heterocycles. The van der Waals surface area contributed by atoms with Crippen molar-refractivity contribution in [3.63, 3.8) is 0 Å². The zero-order valence-corrected chi connectivity index (χ0v) is 14.4. The quantitative estimate of drug-likeness (QED) is 0.458. The highest BCUT2D eigenvalue weighted by molar-refractivity contribution is 9.10. The first-order valence-corrected chi connectivity index (χ1v) is 8.49. The molecule has 116 valence electrons. The summed E-state index contributed by atoms with van der Waals surface area (Å²) in [6.07, 6.45) is 0. The Hall–Kier alpha value is -2.65. The Bertz CT molecular complexity index is 1070. The fourth-order valence-electron chi connectivity index (χ4n) is 2.93. The SMILES string of the molecule is O=c1c2ccccc2cc(-c2ccccc2)n1-c1ccc(Br)cc1. The van der Waals surface area contributed by atoms with Crippen LogP contribution in [0.1, 0.15) is 0 Å². The lowest BCUT2D eigenvalue weighted by atomic mass is 10.1. The molecule has 4 rings (SSSR count). The van der Waals surface area contributed by atoms with Crippen molar-refractivity contribution >= 4 is 26.7 Å². The minimum atomic E-state index is -0.00530. The number of hydrogen-bond donors (Lipinski definition) is 0. The molecule has 0 saturated heterocycles. The first-order valence-electron chi connectivity index (χ1n) is 7.70. The van der Waals surface area contributed by atoms with E-state index < -0.39 is 0 Å². The second-order valence-corrected chi connectivity index (χ2v) is 6.52. The molecule has 24 heavy (non-hydrogen) atoms. The summed E-state index contributed by atoms with van der Waals surface area (Å²) < 4.78 is 2.77. The summed E-state index contributed by atoms with van der Waals surface area (Å²) in [5.41, 5.74) is 2.76. The van der Waals surface area contributed by atoms with Crippen LogP contribution < -0.4 is 5.56 Å². The summed E-state index contributed by atoms with van der Waals surface area (Å²) in [5, 5.41) is 1.68. The minimum Gasteiger partial charge on any atom is -0.276 e. The van der Waals surface area contributed by atoms with Crippen LogP contribution in [0.25, 0.3) is 27.7 Å². The van der Waals surface area contributed by atoms with Crippen LogP contribution >= 0.6 is 15.9 Å². The lowest BCUT2D eigenvalue weighted by Gasteiger charge is -2.15. The van der Waals surface area contributed by atoms with Crippen LogP contribution in [0.4, 0.5) is 0 Å². The predicted octanol–water partition coefficient (Wildman–Crippen LogP) is 5.42. The number of fused-ring (bicyclic) bond motifs is 1. The molecular formula is C21H14BrNO. The maximum absolute atomic E-state index is 13.2. The molecule has 0 aliphatic rings. The molecule has 3 aromatic carbocycles. The summed E-state index contributed by atoms with van der Waals surface area (Å²) in [7, 11) is 0. The van der Waals surface area contributed by atoms with E-state index >= 15 is 0 Å². The Morgan fingerprint density at radius 1 is 0.750 bits per heavy atom. The molecule has 0 aliphatic heterocycles. The van der Waals surface area contributed by atoms with Crippen molar-refractivity contribution in [1.29, 1.82) is 0 Å². The second kappa shape index (κ2) is 6.10. The molecule has 4 aromatic rings. The Morgan fingerprint density at radius 3 is 2.17 bits per heavy atom. The molecule has 0 N–H and O–H groups in total. The maximum atomic E-state index is 13.2. The number of rotatable bonds is 2. The molecule has 1 heterocycles. The minimum absolute atomic E-state index is 0.00530. The Morgan fingerprint density at radius 2 is 1.42 bits per heavy atom. The van der Waals surface area contributed by atoms with Gasteiger partial charge in [0.25, 0.3) is 5.56 Å². The second-order valence-electron chi connectivity index (χ2n) is 5.60. The topological polar surface area (TPSA) is 22.0 Å². The van der Waals surface area contributed by atoms with Gasteiger partial charge in [-0.2, -0.15) is 0 Å². The number of aromatic nitrogens is 1. The highest BCUT2D eigenvalue weighted by Gasteiger charge is 2.12. The van der Waals surface area contributed by atoms with Crippen LogP contribution in [0, 0.1) is 0 Å². The zero-order valence-electron chi connectivity index (χ0n) is 12.8. The van der Waals surface area contributed by atoms with Crippen molar-refractivity contribution in [2.75, 3.05) is 0 Å². The smallest absolute Gasteiger partial charge is 0.263 e. The highest BCUT2D eigenvalue weighted by Crippen LogP contribution is 2.25. The van der Waals surface area contributed by atoms with Crippen molar-refractivity contribution in [3.05, 3.63) is 99.8 Å². The Labute approximate surface area is 148 Å². The van der Waals surface area contributed by atoms with E-state index in [1.165, 1.54) is 0 Å². The summed E-state index contributed by atoms with van der Waals surface area (Å²) in [4.78, 5) is 13.2. The monoisotopic (exact) mass is 375 g/mol. The van der Waals surface area contributed by atoms with Crippen molar-refractivity contribution in [3.8, 4) is 16.9 Å². The third-order valence-corrected chi connectivity index (χ3v) is 4.61. The molecule has 0 saturated carbocycles. The van der Waals surface area contributed by atoms with Gasteiger partial charge in [0.05, 0.1) is 5.69 Å². The van der Waals surface area contributed by atoms with Gasteiger partial charge in [0, 0.05) is 15.5 Å². The van der Waals surface area contributed by atoms with Gasteiger partial charge >= 0.3 is 0 Å². The zero-order chi connectivity index (χ0) is 16.5. The molecule has 2 nitrogen and oxygen atoms in total. The molecular weight excluding hydrogens is 362 g/mol. The van der Waals surface area contributed by atoms with E-state index in [1.807, 2.05) is 78.9 Å². The van der Waals surface area contributed by atoms with Gasteiger partial charge in [-0.15, -0.1) is 0 Å². The van der Waals surface area contributed by atoms with Gasteiger partial charge in [0.2, 0.25) is 0 Å². The molecule has 0 unspecified atom stereocenters. The van der Waals surface area contributed by atoms with Gasteiger partial charge in [-0.05, 0) is 47.3 Å². The fourth-order valence-corrected chi connectivity index (χ4v) is 3.19. The lowest BCUT2D eigenvalue weighted by Crippen LogP contribution is -2.20. The normalized spacial score (nSPS) is 10.9. The van der Waals surface area contributed by atoms with Crippen LogP contribution in [-0.2, 0) is 0 Å². The molecule has 0 radical (unpaired) electrons. The molecule has 3 heteroatoms. The number of halogens is 1. The third kappa shape index (κ3) is 2.57. The van der Waals surface area contributed by atoms with E-state index in [4.69, 9.17) is 0 Å². The van der Waals surface area contributed by atoms with Crippen LogP contribution in [0.15, 0.2) is 94.2 Å². The van der Waals surface area contributed by atoms with Crippen LogP contribution in [0.3, 0.4) is 0 Å². The van der Waals surface area contributed by atoms with E-state index in [1.54, 1.807) is 4.57 Å². The van der Waals surface area contributed by atoms with Gasteiger partial charge in [-0.1, -0.05) is 64.5 Å². The average molecular weight is 376 g/mol. The lowest BCUT2D eigenvalue weighted by molar-refractivity contribution is 1.02. The van der Waals surface area contributed by atoms with E-state index in [0.717, 1.165) is 32.2 Å². The molecule has 0 amide bonds. The van der Waals surface area contributed by atoms with Crippen molar-refractivity contribution in [1.82, 2.24) is 4.57 Å². The van der Waals surface area contributed by atoms with Gasteiger partial charge in [-0.25, -0.2) is 0 Å². The fraction of sp³-hybridized carbons (Fsp3) is 0. The van der Waals surface area contributed by atoms with Crippen molar-refractivity contribution < 1.29 is 0 Å². The number of nitrogens with zero attached hydrogens (tertiary/aromatic N) is 1. The first-order chi connectivity index (χ1) is 11.7. The van der Waals surface area contributed by atoms with Crippen molar-refractivity contribution in [2.45, 2.75) is 0 Å². The standard InChI is InChI=1S/C21H14BrNO/c22-17-10-12-18(13-11-17)23-20(15-6-2-1-3-7-15)14-16-8-4-5-9-19(16)21(23)24/h1-14H. The van der Waals surface area contributed by atoms with E-state index in [-0.39, 0.29) is 5.56 Å². The van der Waals surface area contributed by atoms with E-state index in [9.17, 15) is 4.79 Å². The predicted molar refractivity (Wildman–Crippen MR) is 103 cm³/mol. The largest absolute Gasteiger partial charge is 0.276 e. The number of pyridine rings is 1. The Balaban J connectivity index is 2.11. The summed E-state index contributed by atoms with van der Waals surface area (Å²) in [6, 6.07) is 27.6. The third-order valence-electron chi connectivity index (χ3n) is 4.08. The van der Waals surface area contributed by atoms with Gasteiger partial charge < -0.3 is 0 Å². The van der Waals surface area contributed by atoms with Crippen LogP contribution in [-0.4, -0.2) is 4.57 Å². The van der Waals surface area contributed by atoms with E-state index in [0.29, 0.717) is 0 Å². The van der Waals surface area contributed by atoms with Gasteiger partial charge in [0.15, 0.2) is 0 Å². The van der Waals surface area contributed by atoms with Crippen LogP contribution in [0.2, 0.25) is 0 Å². The maximum Gasteiger partial charge on any atom is 0.263 e. The molecule has 0 fully saturated rings. The number of hydrogen-bond acceptors (Lipinski definition) is 1. The van der Waals surface area contributed by atoms with Gasteiger partial charge in [-0.3, -0.25) is 9.36 Å². The molecule has 0 aliphatic carbocycles. The van der Waals surface area contributed by atoms with Crippen LogP contribution in [0.5, 0.6) is 0 Å².